The van der Waals surface area contributed by atoms with E-state index in [4.69, 9.17) is 8.83 Å². The molecule has 0 saturated heterocycles. The molecule has 0 bridgehead atoms. The number of benzene rings is 1. The highest BCUT2D eigenvalue weighted by Gasteiger charge is 2.36. The molecule has 0 radical (unpaired) electrons. The van der Waals surface area contributed by atoms with Gasteiger partial charge in [-0.3, -0.25) is 56.3 Å². The van der Waals surface area contributed by atoms with Crippen molar-refractivity contribution >= 4 is 58.0 Å². The molecule has 194 valence electrons. The number of furan rings is 2. The van der Waals surface area contributed by atoms with E-state index in [1.807, 2.05) is 0 Å². The number of aromatic nitrogens is 2. The van der Waals surface area contributed by atoms with Gasteiger partial charge in [0, 0.05) is 0 Å². The van der Waals surface area contributed by atoms with Crippen molar-refractivity contribution < 1.29 is 28.5 Å². The minimum absolute atomic E-state index is 0.122. The number of hydrogen-bond donors (Lipinski definition) is 4. The summed E-state index contributed by atoms with van der Waals surface area (Å²) in [6, 6.07) is 4.38. The lowest BCUT2D eigenvalue weighted by atomic mass is 10.1. The van der Waals surface area contributed by atoms with Crippen LogP contribution < -0.4 is 16.5 Å². The number of aromatic amines is 2. The van der Waals surface area contributed by atoms with Gasteiger partial charge in [0.15, 0.2) is 22.7 Å². The molecule has 38 heavy (non-hydrogen) atoms. The van der Waals surface area contributed by atoms with Gasteiger partial charge in [-0.2, -0.15) is 10.2 Å². The molecule has 0 unspecified atom stereocenters. The Morgan fingerprint density at radius 1 is 0.684 bits per heavy atom. The lowest BCUT2D eigenvalue weighted by Crippen LogP contribution is -2.06. The van der Waals surface area contributed by atoms with Crippen LogP contribution in [0.25, 0.3) is 11.0 Å². The standard InChI is InChI=1S/C17H10N10O11/c28-17-20-11-12(21-17)15(26(33)34)14(23-19-6-8-2-4-10(38-8)25(31)32)16(27(35)36)13(11)22-18-5-7-1-3-9(37-7)24(29)30/h1-6,22-23H,(H2,20,21,28). The van der Waals surface area contributed by atoms with E-state index in [0.29, 0.717) is 0 Å². The number of H-pyrrole nitrogens is 2. The molecule has 0 amide bonds. The Balaban J connectivity index is 1.80. The highest BCUT2D eigenvalue weighted by Crippen LogP contribution is 2.46. The molecule has 4 N–H and O–H groups in total. The van der Waals surface area contributed by atoms with Gasteiger partial charge in [0.05, 0.1) is 34.4 Å². The third kappa shape index (κ3) is 4.72. The number of hydrogen-bond acceptors (Lipinski definition) is 15. The van der Waals surface area contributed by atoms with E-state index < -0.39 is 70.9 Å². The van der Waals surface area contributed by atoms with E-state index in [1.165, 1.54) is 6.07 Å². The third-order valence-corrected chi connectivity index (χ3v) is 4.61. The van der Waals surface area contributed by atoms with E-state index in [0.717, 1.165) is 30.6 Å². The molecule has 21 nitrogen and oxygen atoms in total. The molecule has 3 heterocycles. The van der Waals surface area contributed by atoms with Crippen LogP contribution >= 0.6 is 0 Å². The van der Waals surface area contributed by atoms with Crippen molar-refractivity contribution in [3.63, 3.8) is 0 Å². The minimum Gasteiger partial charge on any atom is -0.400 e. The molecule has 0 atom stereocenters. The lowest BCUT2D eigenvalue weighted by molar-refractivity contribution is -0.402. The van der Waals surface area contributed by atoms with Crippen LogP contribution in [-0.4, -0.2) is 42.1 Å². The topological polar surface area (TPSA) is 296 Å². The minimum atomic E-state index is -1.02. The Bertz CT molecular complexity index is 1720. The zero-order chi connectivity index (χ0) is 27.6. The van der Waals surface area contributed by atoms with Gasteiger partial charge in [0.25, 0.3) is 0 Å². The number of nitro benzene ring substituents is 2. The van der Waals surface area contributed by atoms with Crippen molar-refractivity contribution in [3.05, 3.63) is 86.7 Å². The zero-order valence-corrected chi connectivity index (χ0v) is 18.1. The van der Waals surface area contributed by atoms with E-state index in [1.54, 1.807) is 0 Å². The van der Waals surface area contributed by atoms with Crippen LogP contribution in [0.3, 0.4) is 0 Å². The Kier molecular flexibility index (Phi) is 6.30. The van der Waals surface area contributed by atoms with Crippen LogP contribution in [0.4, 0.5) is 34.5 Å². The summed E-state index contributed by atoms with van der Waals surface area (Å²) < 4.78 is 9.74. The maximum atomic E-state index is 12.0. The molecule has 0 saturated carbocycles. The summed E-state index contributed by atoms with van der Waals surface area (Å²) in [5.74, 6) is -1.51. The first-order valence-electron chi connectivity index (χ1n) is 9.74. The maximum Gasteiger partial charge on any atom is 0.433 e. The molecular weight excluding hydrogens is 520 g/mol. The monoisotopic (exact) mass is 530 g/mol. The highest BCUT2D eigenvalue weighted by atomic mass is 16.7. The molecule has 4 aromatic rings. The molecule has 4 rings (SSSR count). The van der Waals surface area contributed by atoms with Crippen molar-refractivity contribution in [2.75, 3.05) is 10.9 Å². The molecule has 3 aromatic heterocycles. The van der Waals surface area contributed by atoms with Crippen LogP contribution in [-0.2, 0) is 0 Å². The van der Waals surface area contributed by atoms with Crippen LogP contribution in [0.1, 0.15) is 11.5 Å². The first-order valence-corrected chi connectivity index (χ1v) is 9.74. The molecular formula is C17H10N10O11. The number of hydrazone groups is 2. The quantitative estimate of drug-likeness (QED) is 0.130. The first kappa shape index (κ1) is 24.7. The van der Waals surface area contributed by atoms with Gasteiger partial charge in [-0.15, -0.1) is 0 Å². The number of nitro groups is 4. The molecule has 0 aliphatic rings. The van der Waals surface area contributed by atoms with Crippen molar-refractivity contribution in [2.45, 2.75) is 0 Å². The zero-order valence-electron chi connectivity index (χ0n) is 18.1. The van der Waals surface area contributed by atoms with Gasteiger partial charge in [-0.25, -0.2) is 4.79 Å². The van der Waals surface area contributed by atoms with E-state index in [2.05, 4.69) is 31.0 Å². The highest BCUT2D eigenvalue weighted by molar-refractivity contribution is 6.07. The Morgan fingerprint density at radius 2 is 1.16 bits per heavy atom. The maximum absolute atomic E-state index is 12.0. The van der Waals surface area contributed by atoms with Crippen LogP contribution in [0.5, 0.6) is 0 Å². The van der Waals surface area contributed by atoms with Gasteiger partial charge < -0.3 is 13.8 Å². The number of fused-ring (bicyclic) bond motifs is 1. The normalized spacial score (nSPS) is 11.4. The third-order valence-electron chi connectivity index (χ3n) is 4.61. The number of imidazole rings is 1. The fourth-order valence-electron chi connectivity index (χ4n) is 3.15. The second kappa shape index (κ2) is 9.68. The number of anilines is 2. The summed E-state index contributed by atoms with van der Waals surface area (Å²) in [6.45, 7) is 0. The van der Waals surface area contributed by atoms with Crippen LogP contribution in [0.2, 0.25) is 0 Å². The van der Waals surface area contributed by atoms with Gasteiger partial charge in [-0.1, -0.05) is 0 Å². The Hall–Kier alpha value is -6.41. The summed E-state index contributed by atoms with van der Waals surface area (Å²) >= 11 is 0. The molecule has 0 aliphatic heterocycles. The number of nitrogens with one attached hydrogen (secondary N) is 4. The summed E-state index contributed by atoms with van der Waals surface area (Å²) in [5, 5.41) is 52.6. The molecule has 0 spiro atoms. The van der Waals surface area contributed by atoms with Crippen molar-refractivity contribution in [2.24, 2.45) is 10.2 Å². The predicted octanol–water partition coefficient (Wildman–Crippen LogP) is 2.57. The van der Waals surface area contributed by atoms with Crippen molar-refractivity contribution in [1.29, 1.82) is 0 Å². The fourth-order valence-corrected chi connectivity index (χ4v) is 3.15. The Morgan fingerprint density at radius 3 is 1.61 bits per heavy atom. The summed E-state index contributed by atoms with van der Waals surface area (Å²) in [6.07, 6.45) is 1.78. The van der Waals surface area contributed by atoms with Crippen molar-refractivity contribution in [3.8, 4) is 0 Å². The predicted molar refractivity (Wildman–Crippen MR) is 125 cm³/mol. The molecule has 0 aliphatic carbocycles. The van der Waals surface area contributed by atoms with Gasteiger partial charge in [0.2, 0.25) is 5.69 Å². The average molecular weight is 530 g/mol. The second-order valence-corrected chi connectivity index (χ2v) is 6.90. The summed E-state index contributed by atoms with van der Waals surface area (Å²) in [5.41, 5.74) is -0.667. The SMILES string of the molecule is O=c1[nH]c2c(NN=Cc3ccc([N+](=O)[O-])o3)c([N+](=O)[O-])c(NN=Cc3ccc([N+](=O)[O-])o3)c([N+](=O)[O-])c2[nH]1. The smallest absolute Gasteiger partial charge is 0.400 e. The van der Waals surface area contributed by atoms with Crippen LogP contribution in [0, 0.1) is 40.5 Å². The summed E-state index contributed by atoms with van der Waals surface area (Å²) in [4.78, 5) is 58.0. The van der Waals surface area contributed by atoms with E-state index >= 15 is 0 Å². The number of rotatable bonds is 10. The summed E-state index contributed by atoms with van der Waals surface area (Å²) in [7, 11) is 0. The van der Waals surface area contributed by atoms with Crippen molar-refractivity contribution in [1.82, 2.24) is 9.97 Å². The average Bonchev–Trinajstić information content (AvgIpc) is 3.58. The van der Waals surface area contributed by atoms with Crippen LogP contribution in [0.15, 0.2) is 48.1 Å². The van der Waals surface area contributed by atoms with Gasteiger partial charge in [0.1, 0.15) is 15.4 Å². The largest absolute Gasteiger partial charge is 0.433 e. The molecule has 0 fully saturated rings. The molecule has 1 aromatic carbocycles. The number of nitrogens with zero attached hydrogens (tertiary/aromatic N) is 6. The van der Waals surface area contributed by atoms with Gasteiger partial charge >= 0.3 is 28.8 Å². The second-order valence-electron chi connectivity index (χ2n) is 6.90. The van der Waals surface area contributed by atoms with E-state index in [9.17, 15) is 45.3 Å². The molecule has 21 heteroatoms. The Labute approximate surface area is 205 Å². The first-order chi connectivity index (χ1) is 18.1. The van der Waals surface area contributed by atoms with Gasteiger partial charge in [-0.05, 0) is 12.1 Å². The lowest BCUT2D eigenvalue weighted by Gasteiger charge is -2.09. The van der Waals surface area contributed by atoms with E-state index in [-0.39, 0.29) is 11.5 Å². The fraction of sp³-hybridized carbons (Fsp3) is 0.